The van der Waals surface area contributed by atoms with Crippen molar-refractivity contribution in [3.05, 3.63) is 16.8 Å². The van der Waals surface area contributed by atoms with Crippen LogP contribution in [0.25, 0.3) is 10.2 Å². The minimum absolute atomic E-state index is 0.559. The van der Waals surface area contributed by atoms with E-state index in [-0.39, 0.29) is 0 Å². The molecule has 3 rings (SSSR count). The fourth-order valence-corrected chi connectivity index (χ4v) is 4.00. The normalized spacial score (nSPS) is 23.1. The van der Waals surface area contributed by atoms with Crippen molar-refractivity contribution in [2.75, 3.05) is 12.4 Å². The fraction of sp³-hybridized carbons (Fsp3) is 0.600. The Kier molecular flexibility index (Phi) is 3.44. The molecule has 1 fully saturated rings. The predicted molar refractivity (Wildman–Crippen MR) is 82.1 cm³/mol. The number of anilines is 1. The summed E-state index contributed by atoms with van der Waals surface area (Å²) in [5.41, 5.74) is 0. The number of nitrogens with one attached hydrogen (secondary N) is 1. The second-order valence-electron chi connectivity index (χ2n) is 5.54. The van der Waals surface area contributed by atoms with E-state index < -0.39 is 0 Å². The van der Waals surface area contributed by atoms with Crippen LogP contribution in [0, 0.1) is 12.8 Å². The summed E-state index contributed by atoms with van der Waals surface area (Å²) in [6.07, 6.45) is 5.13. The van der Waals surface area contributed by atoms with Crippen molar-refractivity contribution in [3.63, 3.8) is 0 Å². The molecule has 0 aliphatic heterocycles. The number of fused-ring (bicyclic) bond motifs is 1. The van der Waals surface area contributed by atoms with Crippen LogP contribution in [0.5, 0.6) is 0 Å². The molecule has 0 bridgehead atoms. The molecule has 1 aliphatic carbocycles. The third kappa shape index (κ3) is 2.34. The Hall–Kier alpha value is -1.16. The standard InChI is InChI=1S/C15H21N3S/c1-4-10-5-6-11(8-10)13-17-14(16-3)12-7-9(2)19-15(12)18-13/h7,10-11H,4-6,8H2,1-3H3,(H,16,17,18). The maximum atomic E-state index is 4.82. The van der Waals surface area contributed by atoms with Gasteiger partial charge in [0.15, 0.2) is 0 Å². The van der Waals surface area contributed by atoms with Gasteiger partial charge in [-0.3, -0.25) is 0 Å². The first-order valence-electron chi connectivity index (χ1n) is 7.17. The Morgan fingerprint density at radius 2 is 2.21 bits per heavy atom. The van der Waals surface area contributed by atoms with Crippen molar-refractivity contribution in [2.24, 2.45) is 5.92 Å². The van der Waals surface area contributed by atoms with Gasteiger partial charge in [-0.05, 0) is 38.2 Å². The topological polar surface area (TPSA) is 37.8 Å². The minimum Gasteiger partial charge on any atom is -0.372 e. The minimum atomic E-state index is 0.559. The lowest BCUT2D eigenvalue weighted by molar-refractivity contribution is 0.517. The molecule has 4 heteroatoms. The zero-order chi connectivity index (χ0) is 13.4. The van der Waals surface area contributed by atoms with Crippen molar-refractivity contribution in [1.29, 1.82) is 0 Å². The molecule has 3 nitrogen and oxygen atoms in total. The van der Waals surface area contributed by atoms with E-state index in [0.29, 0.717) is 5.92 Å². The zero-order valence-electron chi connectivity index (χ0n) is 11.9. The molecule has 0 radical (unpaired) electrons. The van der Waals surface area contributed by atoms with Gasteiger partial charge < -0.3 is 5.32 Å². The summed E-state index contributed by atoms with van der Waals surface area (Å²) in [4.78, 5) is 12.0. The van der Waals surface area contributed by atoms with Gasteiger partial charge in [-0.2, -0.15) is 0 Å². The number of nitrogens with zero attached hydrogens (tertiary/aromatic N) is 2. The van der Waals surface area contributed by atoms with Gasteiger partial charge in [0.2, 0.25) is 0 Å². The molecule has 0 spiro atoms. The molecular formula is C15H21N3S. The summed E-state index contributed by atoms with van der Waals surface area (Å²) in [6.45, 7) is 4.42. The van der Waals surface area contributed by atoms with Crippen LogP contribution in [0.3, 0.4) is 0 Å². The van der Waals surface area contributed by atoms with Crippen LogP contribution in [0.1, 0.15) is 49.2 Å². The molecule has 1 saturated carbocycles. The average Bonchev–Trinajstić information content (AvgIpc) is 3.02. The summed E-state index contributed by atoms with van der Waals surface area (Å²) < 4.78 is 0. The van der Waals surface area contributed by atoms with Crippen LogP contribution in [-0.2, 0) is 0 Å². The van der Waals surface area contributed by atoms with E-state index in [0.717, 1.165) is 22.4 Å². The van der Waals surface area contributed by atoms with Gasteiger partial charge in [-0.15, -0.1) is 11.3 Å². The van der Waals surface area contributed by atoms with Crippen molar-refractivity contribution in [2.45, 2.75) is 45.4 Å². The van der Waals surface area contributed by atoms with Crippen LogP contribution < -0.4 is 5.32 Å². The third-order valence-corrected chi connectivity index (χ3v) is 5.20. The van der Waals surface area contributed by atoms with Gasteiger partial charge in [0.1, 0.15) is 16.5 Å². The van der Waals surface area contributed by atoms with Crippen molar-refractivity contribution >= 4 is 27.4 Å². The quantitative estimate of drug-likeness (QED) is 0.905. The predicted octanol–water partition coefficient (Wildman–Crippen LogP) is 4.34. The number of hydrogen-bond donors (Lipinski definition) is 1. The lowest BCUT2D eigenvalue weighted by Gasteiger charge is -2.11. The number of thiophene rings is 1. The number of hydrogen-bond acceptors (Lipinski definition) is 4. The van der Waals surface area contributed by atoms with E-state index in [2.05, 4.69) is 25.2 Å². The number of aryl methyl sites for hydroxylation is 1. The molecule has 2 unspecified atom stereocenters. The highest BCUT2D eigenvalue weighted by molar-refractivity contribution is 7.18. The van der Waals surface area contributed by atoms with E-state index in [1.165, 1.54) is 35.9 Å². The molecule has 0 amide bonds. The molecule has 2 heterocycles. The van der Waals surface area contributed by atoms with Gasteiger partial charge in [-0.1, -0.05) is 13.3 Å². The second-order valence-corrected chi connectivity index (χ2v) is 6.78. The second kappa shape index (κ2) is 5.08. The lowest BCUT2D eigenvalue weighted by atomic mass is 10.0. The number of aromatic nitrogens is 2. The molecule has 2 atom stereocenters. The summed E-state index contributed by atoms with van der Waals surface area (Å²) in [6, 6.07) is 2.18. The first-order valence-corrected chi connectivity index (χ1v) is 7.98. The van der Waals surface area contributed by atoms with E-state index in [1.54, 1.807) is 11.3 Å². The highest BCUT2D eigenvalue weighted by atomic mass is 32.1. The summed E-state index contributed by atoms with van der Waals surface area (Å²) in [7, 11) is 1.95. The summed E-state index contributed by atoms with van der Waals surface area (Å²) >= 11 is 1.77. The summed E-state index contributed by atoms with van der Waals surface area (Å²) in [5, 5.41) is 4.39. The SMILES string of the molecule is CCC1CCC(c2nc(NC)c3cc(C)sc3n2)C1. The Morgan fingerprint density at radius 3 is 2.89 bits per heavy atom. The zero-order valence-corrected chi connectivity index (χ0v) is 12.7. The number of rotatable bonds is 3. The van der Waals surface area contributed by atoms with E-state index in [9.17, 15) is 0 Å². The maximum absolute atomic E-state index is 4.82. The molecule has 0 aromatic carbocycles. The molecule has 0 saturated heterocycles. The molecule has 1 N–H and O–H groups in total. The highest BCUT2D eigenvalue weighted by Crippen LogP contribution is 2.40. The van der Waals surface area contributed by atoms with Crippen molar-refractivity contribution in [1.82, 2.24) is 9.97 Å². The Balaban J connectivity index is 2.00. The lowest BCUT2D eigenvalue weighted by Crippen LogP contribution is -2.04. The van der Waals surface area contributed by atoms with Crippen LogP contribution in [0.15, 0.2) is 6.07 Å². The Bertz CT molecular complexity index is 590. The van der Waals surface area contributed by atoms with Crippen molar-refractivity contribution < 1.29 is 0 Å². The maximum Gasteiger partial charge on any atom is 0.138 e. The first kappa shape index (κ1) is 12.9. The molecule has 2 aromatic heterocycles. The first-order chi connectivity index (χ1) is 9.21. The van der Waals surface area contributed by atoms with Gasteiger partial charge in [0, 0.05) is 17.8 Å². The van der Waals surface area contributed by atoms with E-state index in [4.69, 9.17) is 9.97 Å². The molecule has 1 aliphatic rings. The van der Waals surface area contributed by atoms with E-state index in [1.807, 2.05) is 7.05 Å². The van der Waals surface area contributed by atoms with Crippen LogP contribution in [0.2, 0.25) is 0 Å². The molecule has 102 valence electrons. The van der Waals surface area contributed by atoms with Gasteiger partial charge in [-0.25, -0.2) is 9.97 Å². The molecular weight excluding hydrogens is 254 g/mol. The molecule has 19 heavy (non-hydrogen) atoms. The van der Waals surface area contributed by atoms with Crippen LogP contribution in [0.4, 0.5) is 5.82 Å². The van der Waals surface area contributed by atoms with Gasteiger partial charge in [0.05, 0.1) is 5.39 Å². The van der Waals surface area contributed by atoms with Gasteiger partial charge in [0.25, 0.3) is 0 Å². The molecule has 2 aromatic rings. The smallest absolute Gasteiger partial charge is 0.138 e. The third-order valence-electron chi connectivity index (χ3n) is 4.25. The van der Waals surface area contributed by atoms with Crippen molar-refractivity contribution in [3.8, 4) is 0 Å². The monoisotopic (exact) mass is 275 g/mol. The Morgan fingerprint density at radius 1 is 1.37 bits per heavy atom. The largest absolute Gasteiger partial charge is 0.372 e. The van der Waals surface area contributed by atoms with Gasteiger partial charge >= 0.3 is 0 Å². The van der Waals surface area contributed by atoms with E-state index >= 15 is 0 Å². The van der Waals surface area contributed by atoms with Crippen LogP contribution >= 0.6 is 11.3 Å². The highest BCUT2D eigenvalue weighted by Gasteiger charge is 2.27. The Labute approximate surface area is 118 Å². The van der Waals surface area contributed by atoms with Crippen LogP contribution in [-0.4, -0.2) is 17.0 Å². The summed E-state index contributed by atoms with van der Waals surface area (Å²) in [5.74, 6) is 3.47. The average molecular weight is 275 g/mol. The fourth-order valence-electron chi connectivity index (χ4n) is 3.11.